The van der Waals surface area contributed by atoms with E-state index in [9.17, 15) is 9.59 Å². The first-order valence-corrected chi connectivity index (χ1v) is 8.03. The van der Waals surface area contributed by atoms with E-state index in [0.717, 1.165) is 31.5 Å². The second-order valence-electron chi connectivity index (χ2n) is 5.81. The van der Waals surface area contributed by atoms with E-state index in [0.29, 0.717) is 13.0 Å². The van der Waals surface area contributed by atoms with Gasteiger partial charge in [0.15, 0.2) is 0 Å². The van der Waals surface area contributed by atoms with Gasteiger partial charge in [-0.1, -0.05) is 18.2 Å². The number of hydrogen-bond acceptors (Lipinski definition) is 3. The maximum Gasteiger partial charge on any atom is 0.410 e. The molecule has 2 heterocycles. The van der Waals surface area contributed by atoms with Crippen molar-refractivity contribution >= 4 is 17.7 Å². The number of anilines is 1. The number of fused-ring (bicyclic) bond motifs is 1. The van der Waals surface area contributed by atoms with Crippen molar-refractivity contribution in [2.75, 3.05) is 18.1 Å². The molecule has 5 nitrogen and oxygen atoms in total. The Balaban J connectivity index is 1.87. The fourth-order valence-corrected chi connectivity index (χ4v) is 3.62. The van der Waals surface area contributed by atoms with Crippen LogP contribution in [-0.2, 0) is 9.53 Å². The Morgan fingerprint density at radius 2 is 2.00 bits per heavy atom. The van der Waals surface area contributed by atoms with Crippen LogP contribution < -0.4 is 4.90 Å². The summed E-state index contributed by atoms with van der Waals surface area (Å²) in [7, 11) is 0. The minimum absolute atomic E-state index is 0.0572. The van der Waals surface area contributed by atoms with Gasteiger partial charge >= 0.3 is 6.09 Å². The average Bonchev–Trinajstić information content (AvgIpc) is 2.55. The quantitative estimate of drug-likeness (QED) is 0.844. The molecule has 2 amide bonds. The van der Waals surface area contributed by atoms with Gasteiger partial charge in [0.2, 0.25) is 5.91 Å². The Bertz CT molecular complexity index is 546. The van der Waals surface area contributed by atoms with Gasteiger partial charge in [0.25, 0.3) is 0 Å². The standard InChI is InChI=1S/C17H22N2O3/c1-2-22-17(21)18-12-6-9-15-14(18)10-11-16(20)19(15)13-7-4-3-5-8-13/h3-5,7-8,14-15H,2,6,9-12H2,1H3/t14-,15-/m0/s1. The lowest BCUT2D eigenvalue weighted by Gasteiger charge is -2.48. The lowest BCUT2D eigenvalue weighted by Crippen LogP contribution is -2.61. The van der Waals surface area contributed by atoms with Crippen molar-refractivity contribution in [1.82, 2.24) is 4.90 Å². The molecule has 1 aromatic rings. The Hall–Kier alpha value is -2.04. The van der Waals surface area contributed by atoms with E-state index < -0.39 is 0 Å². The van der Waals surface area contributed by atoms with Gasteiger partial charge in [-0.2, -0.15) is 0 Å². The van der Waals surface area contributed by atoms with Gasteiger partial charge in [-0.15, -0.1) is 0 Å². The zero-order valence-electron chi connectivity index (χ0n) is 12.9. The smallest absolute Gasteiger partial charge is 0.410 e. The second kappa shape index (κ2) is 6.38. The molecule has 1 aromatic carbocycles. The lowest BCUT2D eigenvalue weighted by atomic mass is 9.87. The SMILES string of the molecule is CCOC(=O)N1CCC[C@H]2[C@@H]1CCC(=O)N2c1ccccc1. The second-order valence-corrected chi connectivity index (χ2v) is 5.81. The highest BCUT2D eigenvalue weighted by Gasteiger charge is 2.43. The third-order valence-electron chi connectivity index (χ3n) is 4.53. The number of para-hydroxylation sites is 1. The van der Waals surface area contributed by atoms with Crippen LogP contribution in [0, 0.1) is 0 Å². The van der Waals surface area contributed by atoms with Crippen LogP contribution in [0.3, 0.4) is 0 Å². The van der Waals surface area contributed by atoms with Gasteiger partial charge in [0, 0.05) is 18.7 Å². The number of carbonyl (C=O) groups is 2. The van der Waals surface area contributed by atoms with E-state index >= 15 is 0 Å². The zero-order chi connectivity index (χ0) is 15.5. The van der Waals surface area contributed by atoms with Crippen molar-refractivity contribution in [1.29, 1.82) is 0 Å². The molecule has 2 saturated heterocycles. The molecule has 2 aliphatic rings. The zero-order valence-corrected chi connectivity index (χ0v) is 12.9. The maximum absolute atomic E-state index is 12.4. The summed E-state index contributed by atoms with van der Waals surface area (Å²) in [5.74, 6) is 0.151. The molecule has 22 heavy (non-hydrogen) atoms. The summed E-state index contributed by atoms with van der Waals surface area (Å²) < 4.78 is 5.18. The normalized spacial score (nSPS) is 24.9. The minimum atomic E-state index is -0.250. The fourth-order valence-electron chi connectivity index (χ4n) is 3.62. The molecule has 0 aromatic heterocycles. The molecule has 0 aliphatic carbocycles. The molecule has 0 spiro atoms. The molecule has 2 aliphatic heterocycles. The van der Waals surface area contributed by atoms with Gasteiger partial charge in [-0.05, 0) is 38.3 Å². The molecule has 0 radical (unpaired) electrons. The minimum Gasteiger partial charge on any atom is -0.450 e. The summed E-state index contributed by atoms with van der Waals surface area (Å²) in [6.07, 6.45) is 2.79. The van der Waals surface area contributed by atoms with Crippen LogP contribution in [0.4, 0.5) is 10.5 Å². The summed E-state index contributed by atoms with van der Waals surface area (Å²) in [4.78, 5) is 28.3. The Labute approximate surface area is 130 Å². The molecule has 0 saturated carbocycles. The average molecular weight is 302 g/mol. The Morgan fingerprint density at radius 1 is 1.23 bits per heavy atom. The molecule has 0 N–H and O–H groups in total. The van der Waals surface area contributed by atoms with Crippen molar-refractivity contribution in [3.8, 4) is 0 Å². The molecular weight excluding hydrogens is 280 g/mol. The van der Waals surface area contributed by atoms with Gasteiger partial charge < -0.3 is 14.5 Å². The molecule has 5 heteroatoms. The summed E-state index contributed by atoms with van der Waals surface area (Å²) in [6.45, 7) is 2.92. The van der Waals surface area contributed by atoms with Crippen LogP contribution in [0.15, 0.2) is 30.3 Å². The van der Waals surface area contributed by atoms with E-state index in [1.54, 1.807) is 0 Å². The van der Waals surface area contributed by atoms with Gasteiger partial charge in [-0.25, -0.2) is 4.79 Å². The van der Waals surface area contributed by atoms with Crippen LogP contribution >= 0.6 is 0 Å². The first-order valence-electron chi connectivity index (χ1n) is 8.03. The highest BCUT2D eigenvalue weighted by atomic mass is 16.6. The summed E-state index contributed by atoms with van der Waals surface area (Å²) in [6, 6.07) is 9.87. The van der Waals surface area contributed by atoms with E-state index in [-0.39, 0.29) is 24.1 Å². The lowest BCUT2D eigenvalue weighted by molar-refractivity contribution is -0.122. The highest BCUT2D eigenvalue weighted by Crippen LogP contribution is 2.34. The number of carbonyl (C=O) groups excluding carboxylic acids is 2. The number of piperidine rings is 2. The van der Waals surface area contributed by atoms with Gasteiger partial charge in [0.1, 0.15) is 0 Å². The van der Waals surface area contributed by atoms with Crippen molar-refractivity contribution in [3.63, 3.8) is 0 Å². The topological polar surface area (TPSA) is 49.9 Å². The van der Waals surface area contributed by atoms with Crippen LogP contribution in [0.2, 0.25) is 0 Å². The summed E-state index contributed by atoms with van der Waals surface area (Å²) in [5, 5.41) is 0. The van der Waals surface area contributed by atoms with Crippen molar-refractivity contribution < 1.29 is 14.3 Å². The van der Waals surface area contributed by atoms with Gasteiger partial charge in [0.05, 0.1) is 18.7 Å². The number of nitrogens with zero attached hydrogens (tertiary/aromatic N) is 2. The Morgan fingerprint density at radius 3 is 2.73 bits per heavy atom. The third-order valence-corrected chi connectivity index (χ3v) is 4.53. The molecule has 2 fully saturated rings. The molecular formula is C17H22N2O3. The van der Waals surface area contributed by atoms with Crippen molar-refractivity contribution in [2.45, 2.75) is 44.7 Å². The largest absolute Gasteiger partial charge is 0.450 e. The monoisotopic (exact) mass is 302 g/mol. The van der Waals surface area contributed by atoms with Crippen molar-refractivity contribution in [3.05, 3.63) is 30.3 Å². The Kier molecular flexibility index (Phi) is 4.32. The predicted octanol–water partition coefficient (Wildman–Crippen LogP) is 2.80. The fraction of sp³-hybridized carbons (Fsp3) is 0.529. The number of hydrogen-bond donors (Lipinski definition) is 0. The number of ether oxygens (including phenoxy) is 1. The van der Waals surface area contributed by atoms with E-state index in [1.165, 1.54) is 0 Å². The first-order chi connectivity index (χ1) is 10.7. The summed E-state index contributed by atoms with van der Waals surface area (Å²) >= 11 is 0. The number of benzene rings is 1. The number of rotatable bonds is 2. The predicted molar refractivity (Wildman–Crippen MR) is 83.7 cm³/mol. The first kappa shape index (κ1) is 14.9. The summed E-state index contributed by atoms with van der Waals surface area (Å²) in [5.41, 5.74) is 0.924. The van der Waals surface area contributed by atoms with Crippen molar-refractivity contribution in [2.24, 2.45) is 0 Å². The van der Waals surface area contributed by atoms with Gasteiger partial charge in [-0.3, -0.25) is 4.79 Å². The number of likely N-dealkylation sites (tertiary alicyclic amines) is 1. The van der Waals surface area contributed by atoms with Crippen LogP contribution in [0.1, 0.15) is 32.6 Å². The van der Waals surface area contributed by atoms with Crippen LogP contribution in [-0.4, -0.2) is 42.1 Å². The number of amides is 2. The third kappa shape index (κ3) is 2.67. The van der Waals surface area contributed by atoms with E-state index in [2.05, 4.69) is 0 Å². The van der Waals surface area contributed by atoms with E-state index in [4.69, 9.17) is 4.74 Å². The highest BCUT2D eigenvalue weighted by molar-refractivity contribution is 5.95. The van der Waals surface area contributed by atoms with E-state index in [1.807, 2.05) is 47.1 Å². The van der Waals surface area contributed by atoms with Crippen LogP contribution in [0.5, 0.6) is 0 Å². The molecule has 0 bridgehead atoms. The molecule has 3 rings (SSSR count). The molecule has 118 valence electrons. The maximum atomic E-state index is 12.4. The van der Waals surface area contributed by atoms with Crippen LogP contribution in [0.25, 0.3) is 0 Å². The molecule has 2 atom stereocenters. The molecule has 0 unspecified atom stereocenters.